The Kier molecular flexibility index (Phi) is 6.42. The third-order valence-corrected chi connectivity index (χ3v) is 5.31. The average molecular weight is 489 g/mol. The highest BCUT2D eigenvalue weighted by Gasteiger charge is 2.23. The van der Waals surface area contributed by atoms with E-state index in [4.69, 9.17) is 44.0 Å². The molecule has 162 valence electrons. The van der Waals surface area contributed by atoms with E-state index in [-0.39, 0.29) is 16.9 Å². The molecular formula is C24H16Cl3NO4. The second kappa shape index (κ2) is 9.25. The summed E-state index contributed by atoms with van der Waals surface area (Å²) in [4.78, 5) is 26.0. The molecule has 0 bridgehead atoms. The number of rotatable bonds is 5. The summed E-state index contributed by atoms with van der Waals surface area (Å²) >= 11 is 18.0. The Balaban J connectivity index is 1.73. The molecular weight excluding hydrogens is 473 g/mol. The molecule has 0 fully saturated rings. The molecule has 4 rings (SSSR count). The first kappa shape index (κ1) is 22.2. The maximum atomic E-state index is 13.3. The van der Waals surface area contributed by atoms with Crippen LogP contribution in [0.5, 0.6) is 5.75 Å². The fourth-order valence-corrected chi connectivity index (χ4v) is 3.84. The molecule has 1 unspecified atom stereocenters. The molecule has 1 heterocycles. The van der Waals surface area contributed by atoms with Gasteiger partial charge in [-0.15, -0.1) is 0 Å². The van der Waals surface area contributed by atoms with Gasteiger partial charge in [0, 0.05) is 26.3 Å². The van der Waals surface area contributed by atoms with Crippen LogP contribution in [0.3, 0.4) is 0 Å². The fraction of sp³-hybridized carbons (Fsp3) is 0.0833. The van der Waals surface area contributed by atoms with Crippen molar-refractivity contribution in [3.05, 3.63) is 92.0 Å². The number of hydrogen-bond acceptors (Lipinski definition) is 4. The second-order valence-electron chi connectivity index (χ2n) is 7.00. The number of anilines is 1. The van der Waals surface area contributed by atoms with Gasteiger partial charge in [0.1, 0.15) is 5.58 Å². The molecule has 1 aromatic heterocycles. The normalized spacial score (nSPS) is 11.9. The van der Waals surface area contributed by atoms with E-state index in [0.717, 1.165) is 0 Å². The molecule has 1 amide bonds. The van der Waals surface area contributed by atoms with Crippen LogP contribution < -0.4 is 15.5 Å². The zero-order valence-electron chi connectivity index (χ0n) is 16.7. The number of nitrogens with one attached hydrogen (secondary N) is 1. The molecule has 0 aliphatic rings. The molecule has 32 heavy (non-hydrogen) atoms. The van der Waals surface area contributed by atoms with Gasteiger partial charge in [-0.05, 0) is 43.3 Å². The Morgan fingerprint density at radius 2 is 1.62 bits per heavy atom. The molecule has 1 N–H and O–H groups in total. The third-order valence-electron chi connectivity index (χ3n) is 4.64. The van der Waals surface area contributed by atoms with E-state index in [1.165, 1.54) is 13.0 Å². The van der Waals surface area contributed by atoms with Crippen molar-refractivity contribution in [1.82, 2.24) is 0 Å². The van der Waals surface area contributed by atoms with Crippen molar-refractivity contribution >= 4 is 57.4 Å². The van der Waals surface area contributed by atoms with E-state index < -0.39 is 17.4 Å². The van der Waals surface area contributed by atoms with Gasteiger partial charge in [-0.3, -0.25) is 9.59 Å². The van der Waals surface area contributed by atoms with Gasteiger partial charge in [0.2, 0.25) is 11.2 Å². The minimum atomic E-state index is -1.03. The van der Waals surface area contributed by atoms with Crippen molar-refractivity contribution in [1.29, 1.82) is 0 Å². The lowest BCUT2D eigenvalue weighted by atomic mass is 10.1. The van der Waals surface area contributed by atoms with Crippen molar-refractivity contribution in [2.75, 3.05) is 5.32 Å². The van der Waals surface area contributed by atoms with Crippen LogP contribution >= 0.6 is 34.8 Å². The molecule has 1 atom stereocenters. The van der Waals surface area contributed by atoms with E-state index >= 15 is 0 Å². The van der Waals surface area contributed by atoms with Crippen molar-refractivity contribution in [2.45, 2.75) is 13.0 Å². The standard InChI is InChI=1S/C24H16Cl3NO4/c1-13(24(30)28-18-10-16(26)9-17(27)11-18)31-23-21(29)19-12-15(25)7-8-20(19)32-22(23)14-5-3-2-4-6-14/h2-13H,1H3,(H,28,30). The number of hydrogen-bond donors (Lipinski definition) is 1. The second-order valence-corrected chi connectivity index (χ2v) is 8.31. The van der Waals surface area contributed by atoms with Crippen LogP contribution in [0, 0.1) is 0 Å². The molecule has 0 saturated heterocycles. The first-order chi connectivity index (χ1) is 15.3. The van der Waals surface area contributed by atoms with Crippen molar-refractivity contribution in [3.63, 3.8) is 0 Å². The summed E-state index contributed by atoms with van der Waals surface area (Å²) in [6.45, 7) is 1.53. The molecule has 0 radical (unpaired) electrons. The Bertz CT molecular complexity index is 1350. The van der Waals surface area contributed by atoms with Gasteiger partial charge in [0.05, 0.1) is 5.39 Å². The van der Waals surface area contributed by atoms with E-state index in [1.807, 2.05) is 18.2 Å². The van der Waals surface area contributed by atoms with Gasteiger partial charge in [-0.1, -0.05) is 65.1 Å². The van der Waals surface area contributed by atoms with Crippen LogP contribution in [0.4, 0.5) is 5.69 Å². The fourth-order valence-electron chi connectivity index (χ4n) is 3.14. The highest BCUT2D eigenvalue weighted by atomic mass is 35.5. The maximum Gasteiger partial charge on any atom is 0.265 e. The summed E-state index contributed by atoms with van der Waals surface area (Å²) in [5.41, 5.74) is 0.962. The SMILES string of the molecule is CC(Oc1c(-c2ccccc2)oc2ccc(Cl)cc2c1=O)C(=O)Nc1cc(Cl)cc(Cl)c1. The lowest BCUT2D eigenvalue weighted by Crippen LogP contribution is -2.31. The number of carbonyl (C=O) groups is 1. The van der Waals surface area contributed by atoms with Crippen LogP contribution in [0.1, 0.15) is 6.92 Å². The first-order valence-electron chi connectivity index (χ1n) is 9.57. The number of fused-ring (bicyclic) bond motifs is 1. The third kappa shape index (κ3) is 4.75. The van der Waals surface area contributed by atoms with E-state index in [0.29, 0.717) is 31.9 Å². The van der Waals surface area contributed by atoms with Gasteiger partial charge in [-0.2, -0.15) is 0 Å². The molecule has 0 aliphatic heterocycles. The molecule has 0 spiro atoms. The molecule has 0 aliphatic carbocycles. The summed E-state index contributed by atoms with van der Waals surface area (Å²) in [5, 5.41) is 4.06. The minimum absolute atomic E-state index is 0.0854. The summed E-state index contributed by atoms with van der Waals surface area (Å²) in [6, 6.07) is 18.4. The first-order valence-corrected chi connectivity index (χ1v) is 10.7. The predicted octanol–water partition coefficient (Wildman–Crippen LogP) is 6.83. The van der Waals surface area contributed by atoms with Crippen molar-refractivity contribution in [2.24, 2.45) is 0 Å². The number of benzene rings is 3. The Hall–Kier alpha value is -2.99. The maximum absolute atomic E-state index is 13.3. The quantitative estimate of drug-likeness (QED) is 0.334. The smallest absolute Gasteiger partial charge is 0.265 e. The number of amides is 1. The zero-order valence-corrected chi connectivity index (χ0v) is 19.0. The monoisotopic (exact) mass is 487 g/mol. The lowest BCUT2D eigenvalue weighted by molar-refractivity contribution is -0.122. The molecule has 3 aromatic carbocycles. The van der Waals surface area contributed by atoms with Crippen LogP contribution in [-0.4, -0.2) is 12.0 Å². The average Bonchev–Trinajstić information content (AvgIpc) is 2.75. The van der Waals surface area contributed by atoms with Crippen LogP contribution in [0.25, 0.3) is 22.3 Å². The molecule has 5 nitrogen and oxygen atoms in total. The van der Waals surface area contributed by atoms with Gasteiger partial charge in [0.15, 0.2) is 11.9 Å². The van der Waals surface area contributed by atoms with Gasteiger partial charge in [-0.25, -0.2) is 0 Å². The van der Waals surface area contributed by atoms with Gasteiger partial charge >= 0.3 is 0 Å². The Morgan fingerprint density at radius 1 is 0.938 bits per heavy atom. The van der Waals surface area contributed by atoms with Gasteiger partial charge < -0.3 is 14.5 Å². The van der Waals surface area contributed by atoms with Crippen molar-refractivity contribution in [3.8, 4) is 17.1 Å². The zero-order chi connectivity index (χ0) is 22.8. The topological polar surface area (TPSA) is 68.5 Å². The van der Waals surface area contributed by atoms with Crippen LogP contribution in [0.2, 0.25) is 15.1 Å². The van der Waals surface area contributed by atoms with Crippen molar-refractivity contribution < 1.29 is 13.9 Å². The van der Waals surface area contributed by atoms with Crippen LogP contribution in [-0.2, 0) is 4.79 Å². The summed E-state index contributed by atoms with van der Waals surface area (Å²) in [6.07, 6.45) is -1.03. The number of halogens is 3. The molecule has 4 aromatic rings. The highest BCUT2D eigenvalue weighted by molar-refractivity contribution is 6.35. The Morgan fingerprint density at radius 3 is 2.31 bits per heavy atom. The summed E-state index contributed by atoms with van der Waals surface area (Å²) in [5.74, 6) is -0.360. The number of carbonyl (C=O) groups excluding carboxylic acids is 1. The molecule has 8 heteroatoms. The summed E-state index contributed by atoms with van der Waals surface area (Å²) in [7, 11) is 0. The Labute approximate surface area is 198 Å². The van der Waals surface area contributed by atoms with E-state index in [1.54, 1.807) is 42.5 Å². The lowest BCUT2D eigenvalue weighted by Gasteiger charge is -2.17. The number of ether oxygens (including phenoxy) is 1. The van der Waals surface area contributed by atoms with E-state index in [9.17, 15) is 9.59 Å². The predicted molar refractivity (Wildman–Crippen MR) is 128 cm³/mol. The van der Waals surface area contributed by atoms with Crippen LogP contribution in [0.15, 0.2) is 75.9 Å². The highest BCUT2D eigenvalue weighted by Crippen LogP contribution is 2.32. The summed E-state index contributed by atoms with van der Waals surface area (Å²) < 4.78 is 11.8. The largest absolute Gasteiger partial charge is 0.473 e. The van der Waals surface area contributed by atoms with E-state index in [2.05, 4.69) is 5.32 Å². The van der Waals surface area contributed by atoms with Gasteiger partial charge in [0.25, 0.3) is 5.91 Å². The minimum Gasteiger partial charge on any atom is -0.473 e. The molecule has 0 saturated carbocycles.